The van der Waals surface area contributed by atoms with Crippen molar-refractivity contribution in [1.82, 2.24) is 19.6 Å². The third-order valence-electron chi connectivity index (χ3n) is 4.30. The van der Waals surface area contributed by atoms with Gasteiger partial charge in [-0.15, -0.1) is 10.2 Å². The second-order valence-corrected chi connectivity index (χ2v) is 6.14. The van der Waals surface area contributed by atoms with Gasteiger partial charge in [-0.1, -0.05) is 6.07 Å². The number of aryl methyl sites for hydroxylation is 2. The van der Waals surface area contributed by atoms with Gasteiger partial charge in [0.15, 0.2) is 0 Å². The first-order chi connectivity index (χ1) is 13.4. The van der Waals surface area contributed by atoms with Gasteiger partial charge in [0.2, 0.25) is 11.8 Å². The molecule has 0 saturated carbocycles. The van der Waals surface area contributed by atoms with E-state index in [0.29, 0.717) is 30.2 Å². The molecule has 0 N–H and O–H groups in total. The van der Waals surface area contributed by atoms with Crippen LogP contribution in [0.5, 0.6) is 5.75 Å². The molecule has 144 valence electrons. The number of imidazole rings is 1. The third-order valence-corrected chi connectivity index (χ3v) is 4.30. The molecule has 0 aliphatic rings. The largest absolute Gasteiger partial charge is 0.496 e. The zero-order chi connectivity index (χ0) is 19.7. The number of rotatable bonds is 5. The van der Waals surface area contributed by atoms with Crippen LogP contribution in [-0.4, -0.2) is 26.7 Å². The summed E-state index contributed by atoms with van der Waals surface area (Å²) in [6.45, 7) is 0. The highest BCUT2D eigenvalue weighted by Gasteiger charge is 2.34. The van der Waals surface area contributed by atoms with Crippen molar-refractivity contribution in [2.75, 3.05) is 7.11 Å². The molecule has 4 aromatic rings. The molecule has 0 atom stereocenters. The van der Waals surface area contributed by atoms with Gasteiger partial charge in [-0.25, -0.2) is 4.98 Å². The molecule has 0 fully saturated rings. The molecule has 0 aliphatic carbocycles. The van der Waals surface area contributed by atoms with Crippen LogP contribution in [0.3, 0.4) is 0 Å². The summed E-state index contributed by atoms with van der Waals surface area (Å²) >= 11 is 0. The normalized spacial score (nSPS) is 11.9. The number of aromatic nitrogens is 4. The van der Waals surface area contributed by atoms with E-state index in [4.69, 9.17) is 9.15 Å². The van der Waals surface area contributed by atoms with Gasteiger partial charge in [0.25, 0.3) is 0 Å². The van der Waals surface area contributed by atoms with E-state index in [0.717, 1.165) is 17.3 Å². The van der Waals surface area contributed by atoms with Gasteiger partial charge in [-0.3, -0.25) is 0 Å². The van der Waals surface area contributed by atoms with Crippen LogP contribution in [-0.2, 0) is 19.0 Å². The third kappa shape index (κ3) is 3.55. The number of pyridine rings is 1. The lowest BCUT2D eigenvalue weighted by Gasteiger charge is -2.13. The zero-order valence-corrected chi connectivity index (χ0v) is 14.8. The van der Waals surface area contributed by atoms with Crippen molar-refractivity contribution in [3.05, 3.63) is 65.9 Å². The van der Waals surface area contributed by atoms with Crippen LogP contribution >= 0.6 is 0 Å². The summed E-state index contributed by atoms with van der Waals surface area (Å²) in [7, 11) is 1.21. The predicted octanol–water partition coefficient (Wildman–Crippen LogP) is 4.20. The first-order valence-electron chi connectivity index (χ1n) is 8.43. The maximum absolute atomic E-state index is 13.1. The molecule has 0 amide bonds. The Hall–Kier alpha value is -3.36. The van der Waals surface area contributed by atoms with Crippen molar-refractivity contribution in [2.24, 2.45) is 0 Å². The standard InChI is InChI=1S/C19H15F3N4O2/c1-27-15-5-2-12(10-14(15)19(20,21)22)3-7-17-24-25-18(28-17)13-4-6-16-23-8-9-26(16)11-13/h2,4-6,8-11H,3,7H2,1H3. The number of hydrogen-bond donors (Lipinski definition) is 0. The van der Waals surface area contributed by atoms with Gasteiger partial charge in [0.1, 0.15) is 11.4 Å². The van der Waals surface area contributed by atoms with E-state index in [9.17, 15) is 13.2 Å². The van der Waals surface area contributed by atoms with Crippen LogP contribution in [0, 0.1) is 0 Å². The number of alkyl halides is 3. The fourth-order valence-electron chi connectivity index (χ4n) is 2.90. The summed E-state index contributed by atoms with van der Waals surface area (Å²) in [6, 6.07) is 7.65. The average Bonchev–Trinajstić information content (AvgIpc) is 3.34. The Kier molecular flexibility index (Phi) is 4.50. The van der Waals surface area contributed by atoms with Crippen LogP contribution in [0.15, 0.2) is 53.3 Å². The summed E-state index contributed by atoms with van der Waals surface area (Å²) in [4.78, 5) is 4.17. The highest BCUT2D eigenvalue weighted by molar-refractivity contribution is 5.55. The summed E-state index contributed by atoms with van der Waals surface area (Å²) in [5.74, 6) is 0.493. The lowest BCUT2D eigenvalue weighted by atomic mass is 10.1. The molecule has 1 aromatic carbocycles. The van der Waals surface area contributed by atoms with E-state index in [-0.39, 0.29) is 5.75 Å². The molecule has 3 heterocycles. The fraction of sp³-hybridized carbons (Fsp3) is 0.211. The number of fused-ring (bicyclic) bond motifs is 1. The topological polar surface area (TPSA) is 65.5 Å². The Morgan fingerprint density at radius 2 is 1.96 bits per heavy atom. The van der Waals surface area contributed by atoms with Crippen molar-refractivity contribution >= 4 is 5.65 Å². The minimum atomic E-state index is -4.48. The van der Waals surface area contributed by atoms with Crippen LogP contribution < -0.4 is 4.74 Å². The van der Waals surface area contributed by atoms with Crippen molar-refractivity contribution in [3.63, 3.8) is 0 Å². The fourth-order valence-corrected chi connectivity index (χ4v) is 2.90. The monoisotopic (exact) mass is 388 g/mol. The van der Waals surface area contributed by atoms with Crippen LogP contribution in [0.2, 0.25) is 0 Å². The summed E-state index contributed by atoms with van der Waals surface area (Å²) in [5, 5.41) is 8.02. The Bertz CT molecular complexity index is 1120. The highest BCUT2D eigenvalue weighted by Crippen LogP contribution is 2.36. The Balaban J connectivity index is 1.50. The zero-order valence-electron chi connectivity index (χ0n) is 14.8. The van der Waals surface area contributed by atoms with E-state index in [1.807, 2.05) is 22.7 Å². The van der Waals surface area contributed by atoms with E-state index in [2.05, 4.69) is 15.2 Å². The molecule has 28 heavy (non-hydrogen) atoms. The molecule has 9 heteroatoms. The highest BCUT2D eigenvalue weighted by atomic mass is 19.4. The predicted molar refractivity (Wildman–Crippen MR) is 93.9 cm³/mol. The quantitative estimate of drug-likeness (QED) is 0.513. The molecule has 0 unspecified atom stereocenters. The Morgan fingerprint density at radius 3 is 2.75 bits per heavy atom. The first-order valence-corrected chi connectivity index (χ1v) is 8.43. The van der Waals surface area contributed by atoms with Crippen LogP contribution in [0.1, 0.15) is 17.0 Å². The second kappa shape index (κ2) is 6.99. The summed E-state index contributed by atoms with van der Waals surface area (Å²) in [5.41, 5.74) is 1.23. The maximum atomic E-state index is 13.1. The number of nitrogens with zero attached hydrogens (tertiary/aromatic N) is 4. The van der Waals surface area contributed by atoms with Gasteiger partial charge in [0.05, 0.1) is 18.2 Å². The van der Waals surface area contributed by atoms with Gasteiger partial charge in [0, 0.05) is 25.0 Å². The van der Waals surface area contributed by atoms with Crippen molar-refractivity contribution in [1.29, 1.82) is 0 Å². The van der Waals surface area contributed by atoms with Crippen molar-refractivity contribution in [2.45, 2.75) is 19.0 Å². The first kappa shape index (κ1) is 18.0. The number of ether oxygens (including phenoxy) is 1. The van der Waals surface area contributed by atoms with Crippen LogP contribution in [0.4, 0.5) is 13.2 Å². The molecule has 6 nitrogen and oxygen atoms in total. The molecular weight excluding hydrogens is 373 g/mol. The summed E-state index contributed by atoms with van der Waals surface area (Å²) in [6.07, 6.45) is 1.48. The van der Waals surface area contributed by atoms with Gasteiger partial charge in [-0.2, -0.15) is 13.2 Å². The molecule has 3 aromatic heterocycles. The van der Waals surface area contributed by atoms with Crippen molar-refractivity contribution < 1.29 is 22.3 Å². The number of halogens is 3. The molecule has 0 saturated heterocycles. The van der Waals surface area contributed by atoms with Crippen LogP contribution in [0.25, 0.3) is 17.1 Å². The second-order valence-electron chi connectivity index (χ2n) is 6.14. The SMILES string of the molecule is COc1ccc(CCc2nnc(-c3ccc4nccn4c3)o2)cc1C(F)(F)F. The molecule has 4 rings (SSSR count). The average molecular weight is 388 g/mol. The summed E-state index contributed by atoms with van der Waals surface area (Å²) < 4.78 is 51.7. The molecule has 0 bridgehead atoms. The number of benzene rings is 1. The lowest BCUT2D eigenvalue weighted by molar-refractivity contribution is -0.138. The molecule has 0 radical (unpaired) electrons. The minimum Gasteiger partial charge on any atom is -0.496 e. The molecular formula is C19H15F3N4O2. The van der Waals surface area contributed by atoms with E-state index in [1.54, 1.807) is 18.5 Å². The lowest BCUT2D eigenvalue weighted by Crippen LogP contribution is -2.08. The Labute approximate surface area is 157 Å². The maximum Gasteiger partial charge on any atom is 0.419 e. The smallest absolute Gasteiger partial charge is 0.419 e. The van der Waals surface area contributed by atoms with Gasteiger partial charge < -0.3 is 13.6 Å². The molecule has 0 aliphatic heterocycles. The van der Waals surface area contributed by atoms with Crippen molar-refractivity contribution in [3.8, 4) is 17.2 Å². The number of methoxy groups -OCH3 is 1. The van der Waals surface area contributed by atoms with E-state index in [1.165, 1.54) is 13.2 Å². The Morgan fingerprint density at radius 1 is 1.11 bits per heavy atom. The van der Waals surface area contributed by atoms with E-state index < -0.39 is 11.7 Å². The van der Waals surface area contributed by atoms with Gasteiger partial charge in [-0.05, 0) is 36.2 Å². The number of hydrogen-bond acceptors (Lipinski definition) is 5. The van der Waals surface area contributed by atoms with E-state index >= 15 is 0 Å². The molecule has 0 spiro atoms. The van der Waals surface area contributed by atoms with Gasteiger partial charge >= 0.3 is 6.18 Å². The minimum absolute atomic E-state index is 0.203.